The van der Waals surface area contributed by atoms with Crippen LogP contribution in [0.1, 0.15) is 5.56 Å². The zero-order chi connectivity index (χ0) is 8.81. The third-order valence-electron chi connectivity index (χ3n) is 1.44. The fraction of sp³-hybridized carbons (Fsp3) is 0.333. The van der Waals surface area contributed by atoms with Crippen LogP contribution in [0.2, 0.25) is 5.02 Å². The van der Waals surface area contributed by atoms with E-state index in [0.717, 1.165) is 10.6 Å². The van der Waals surface area contributed by atoms with Gasteiger partial charge in [-0.05, 0) is 17.7 Å². The molecule has 0 aliphatic rings. The van der Waals surface area contributed by atoms with Gasteiger partial charge in [0.15, 0.2) is 0 Å². The molecule has 1 rings (SSSR count). The number of hydrogen-bond acceptors (Lipinski definition) is 2. The summed E-state index contributed by atoms with van der Waals surface area (Å²) in [5.74, 6) is 0. The van der Waals surface area contributed by atoms with Gasteiger partial charge in [0.1, 0.15) is 0 Å². The summed E-state index contributed by atoms with van der Waals surface area (Å²) in [5, 5.41) is 0.748. The lowest BCUT2D eigenvalue weighted by Gasteiger charge is -2.01. The largest absolute Gasteiger partial charge is 0.375 e. The maximum atomic E-state index is 5.71. The summed E-state index contributed by atoms with van der Waals surface area (Å²) in [7, 11) is 0. The van der Waals surface area contributed by atoms with Gasteiger partial charge in [0, 0.05) is 11.6 Å². The van der Waals surface area contributed by atoms with E-state index in [-0.39, 0.29) is 0 Å². The Bertz CT molecular complexity index is 222. The second-order valence-corrected chi connectivity index (χ2v) is 2.90. The third kappa shape index (κ3) is 3.22. The van der Waals surface area contributed by atoms with E-state index in [1.54, 1.807) is 0 Å². The number of halogens is 1. The summed E-state index contributed by atoms with van der Waals surface area (Å²) in [4.78, 5) is 0. The molecular weight excluding hydrogens is 174 g/mol. The van der Waals surface area contributed by atoms with Crippen LogP contribution in [0.3, 0.4) is 0 Å². The van der Waals surface area contributed by atoms with Gasteiger partial charge in [0.25, 0.3) is 0 Å². The maximum absolute atomic E-state index is 5.71. The Morgan fingerprint density at radius 3 is 2.50 bits per heavy atom. The van der Waals surface area contributed by atoms with Gasteiger partial charge in [-0.3, -0.25) is 0 Å². The van der Waals surface area contributed by atoms with Crippen LogP contribution in [-0.2, 0) is 11.3 Å². The zero-order valence-electron chi connectivity index (χ0n) is 6.79. The Hall–Kier alpha value is -0.570. The molecule has 2 nitrogen and oxygen atoms in total. The highest BCUT2D eigenvalue weighted by atomic mass is 35.5. The van der Waals surface area contributed by atoms with Crippen molar-refractivity contribution in [3.8, 4) is 0 Å². The Balaban J connectivity index is 2.37. The molecule has 1 aromatic carbocycles. The van der Waals surface area contributed by atoms with E-state index in [0.29, 0.717) is 19.8 Å². The van der Waals surface area contributed by atoms with E-state index < -0.39 is 0 Å². The molecule has 0 aliphatic carbocycles. The van der Waals surface area contributed by atoms with Crippen LogP contribution < -0.4 is 5.73 Å². The second kappa shape index (κ2) is 5.14. The number of benzene rings is 1. The van der Waals surface area contributed by atoms with Crippen LogP contribution in [0, 0.1) is 0 Å². The number of hydrogen-bond donors (Lipinski definition) is 1. The van der Waals surface area contributed by atoms with E-state index in [1.165, 1.54) is 0 Å². The molecule has 0 amide bonds. The van der Waals surface area contributed by atoms with Crippen molar-refractivity contribution in [1.29, 1.82) is 0 Å². The Labute approximate surface area is 77.3 Å². The smallest absolute Gasteiger partial charge is 0.0717 e. The lowest BCUT2D eigenvalue weighted by atomic mass is 10.2. The molecule has 66 valence electrons. The molecule has 0 radical (unpaired) electrons. The average Bonchev–Trinajstić information content (AvgIpc) is 2.09. The molecule has 3 heteroatoms. The molecule has 0 aromatic heterocycles. The van der Waals surface area contributed by atoms with Gasteiger partial charge in [0.2, 0.25) is 0 Å². The van der Waals surface area contributed by atoms with Crippen molar-refractivity contribution < 1.29 is 4.74 Å². The van der Waals surface area contributed by atoms with E-state index in [1.807, 2.05) is 24.3 Å². The van der Waals surface area contributed by atoms with Crippen molar-refractivity contribution in [2.75, 3.05) is 13.2 Å². The molecule has 0 bridgehead atoms. The van der Waals surface area contributed by atoms with Crippen molar-refractivity contribution in [1.82, 2.24) is 0 Å². The van der Waals surface area contributed by atoms with E-state index >= 15 is 0 Å². The third-order valence-corrected chi connectivity index (χ3v) is 1.70. The minimum Gasteiger partial charge on any atom is -0.375 e. The molecule has 0 fully saturated rings. The van der Waals surface area contributed by atoms with Gasteiger partial charge in [0.05, 0.1) is 13.2 Å². The Kier molecular flexibility index (Phi) is 4.08. The molecule has 0 saturated heterocycles. The van der Waals surface area contributed by atoms with Crippen LogP contribution in [0.25, 0.3) is 0 Å². The minimum atomic E-state index is 0.563. The van der Waals surface area contributed by atoms with Gasteiger partial charge in [-0.2, -0.15) is 0 Å². The number of rotatable bonds is 4. The molecule has 0 spiro atoms. The maximum Gasteiger partial charge on any atom is 0.0717 e. The molecule has 0 saturated carbocycles. The predicted octanol–water partition coefficient (Wildman–Crippen LogP) is 1.82. The zero-order valence-corrected chi connectivity index (χ0v) is 7.55. The minimum absolute atomic E-state index is 0.563. The van der Waals surface area contributed by atoms with E-state index in [4.69, 9.17) is 22.1 Å². The topological polar surface area (TPSA) is 35.2 Å². The lowest BCUT2D eigenvalue weighted by Crippen LogP contribution is -2.07. The van der Waals surface area contributed by atoms with Crippen LogP contribution in [0.4, 0.5) is 0 Å². The Morgan fingerprint density at radius 1 is 1.25 bits per heavy atom. The molecule has 0 aliphatic heterocycles. The lowest BCUT2D eigenvalue weighted by molar-refractivity contribution is 0.128. The quantitative estimate of drug-likeness (QED) is 0.727. The van der Waals surface area contributed by atoms with Crippen LogP contribution in [-0.4, -0.2) is 13.2 Å². The summed E-state index contributed by atoms with van der Waals surface area (Å²) in [6.07, 6.45) is 0. The Morgan fingerprint density at radius 2 is 1.92 bits per heavy atom. The van der Waals surface area contributed by atoms with Crippen molar-refractivity contribution >= 4 is 11.6 Å². The second-order valence-electron chi connectivity index (χ2n) is 2.47. The van der Waals surface area contributed by atoms with Gasteiger partial charge in [-0.1, -0.05) is 23.7 Å². The molecule has 0 heterocycles. The first-order chi connectivity index (χ1) is 5.83. The van der Waals surface area contributed by atoms with Crippen molar-refractivity contribution in [3.05, 3.63) is 34.9 Å². The molecular formula is C9H12ClNO. The fourth-order valence-corrected chi connectivity index (χ4v) is 0.980. The number of ether oxygens (including phenoxy) is 1. The van der Waals surface area contributed by atoms with Gasteiger partial charge < -0.3 is 10.5 Å². The highest BCUT2D eigenvalue weighted by Crippen LogP contribution is 2.09. The van der Waals surface area contributed by atoms with Gasteiger partial charge >= 0.3 is 0 Å². The van der Waals surface area contributed by atoms with Crippen molar-refractivity contribution in [3.63, 3.8) is 0 Å². The predicted molar refractivity (Wildman–Crippen MR) is 50.2 cm³/mol. The molecule has 2 N–H and O–H groups in total. The van der Waals surface area contributed by atoms with E-state index in [9.17, 15) is 0 Å². The number of nitrogens with two attached hydrogens (primary N) is 1. The van der Waals surface area contributed by atoms with Gasteiger partial charge in [-0.25, -0.2) is 0 Å². The highest BCUT2D eigenvalue weighted by Gasteiger charge is 1.91. The molecule has 0 atom stereocenters. The first kappa shape index (κ1) is 9.52. The van der Waals surface area contributed by atoms with Crippen LogP contribution in [0.15, 0.2) is 24.3 Å². The summed E-state index contributed by atoms with van der Waals surface area (Å²) in [5.41, 5.74) is 6.39. The normalized spacial score (nSPS) is 10.2. The van der Waals surface area contributed by atoms with Gasteiger partial charge in [-0.15, -0.1) is 0 Å². The summed E-state index contributed by atoms with van der Waals surface area (Å²) in [6, 6.07) is 7.59. The fourth-order valence-electron chi connectivity index (χ4n) is 0.854. The van der Waals surface area contributed by atoms with E-state index in [2.05, 4.69) is 0 Å². The van der Waals surface area contributed by atoms with Crippen molar-refractivity contribution in [2.45, 2.75) is 6.61 Å². The molecule has 1 aromatic rings. The SMILES string of the molecule is NCCOCc1ccc(Cl)cc1. The molecule has 12 heavy (non-hydrogen) atoms. The summed E-state index contributed by atoms with van der Waals surface area (Å²) >= 11 is 5.71. The van der Waals surface area contributed by atoms with Crippen LogP contribution in [0.5, 0.6) is 0 Å². The highest BCUT2D eigenvalue weighted by molar-refractivity contribution is 6.30. The average molecular weight is 186 g/mol. The first-order valence-electron chi connectivity index (χ1n) is 3.85. The first-order valence-corrected chi connectivity index (χ1v) is 4.23. The monoisotopic (exact) mass is 185 g/mol. The molecule has 0 unspecified atom stereocenters. The summed E-state index contributed by atoms with van der Waals surface area (Å²) < 4.78 is 5.24. The standard InChI is InChI=1S/C9H12ClNO/c10-9-3-1-8(2-4-9)7-12-6-5-11/h1-4H,5-7,11H2. The van der Waals surface area contributed by atoms with Crippen LogP contribution >= 0.6 is 11.6 Å². The summed E-state index contributed by atoms with van der Waals surface area (Å²) in [6.45, 7) is 1.77. The van der Waals surface area contributed by atoms with Crippen molar-refractivity contribution in [2.24, 2.45) is 5.73 Å².